The SMILES string of the molecule is C[C@H](NC[C@H](O)COc1ccc(-c2ccccc2)cc1)[C@@H]1C[C@@H]2CC[C@@H]1C2. The molecule has 0 unspecified atom stereocenters. The Bertz CT molecular complexity index is 715. The monoisotopic (exact) mass is 365 g/mol. The van der Waals surface area contributed by atoms with Crippen LogP contribution in [0.1, 0.15) is 32.6 Å². The van der Waals surface area contributed by atoms with Crippen molar-refractivity contribution >= 4 is 0 Å². The third kappa shape index (κ3) is 4.53. The summed E-state index contributed by atoms with van der Waals surface area (Å²) in [5, 5.41) is 13.8. The standard InChI is InChI=1S/C24H31NO2/c1-17(24-14-18-7-8-21(24)13-18)25-15-22(26)16-27-23-11-9-20(10-12-23)19-5-3-2-4-6-19/h2-6,9-12,17-18,21-22,24-26H,7-8,13-16H2,1H3/t17-,18+,21+,22-,24-/m0/s1. The van der Waals surface area contributed by atoms with Gasteiger partial charge in [-0.25, -0.2) is 0 Å². The summed E-state index contributed by atoms with van der Waals surface area (Å²) in [6.07, 6.45) is 5.17. The minimum atomic E-state index is -0.486. The molecule has 2 bridgehead atoms. The summed E-state index contributed by atoms with van der Waals surface area (Å²) in [7, 11) is 0. The molecule has 2 fully saturated rings. The van der Waals surface area contributed by atoms with Crippen LogP contribution >= 0.6 is 0 Å². The molecule has 0 saturated heterocycles. The topological polar surface area (TPSA) is 41.5 Å². The van der Waals surface area contributed by atoms with Crippen molar-refractivity contribution in [1.29, 1.82) is 0 Å². The molecule has 2 saturated carbocycles. The van der Waals surface area contributed by atoms with E-state index in [1.807, 2.05) is 30.3 Å². The number of aliphatic hydroxyl groups excluding tert-OH is 1. The van der Waals surface area contributed by atoms with Gasteiger partial charge in [0.1, 0.15) is 18.5 Å². The van der Waals surface area contributed by atoms with Gasteiger partial charge in [-0.1, -0.05) is 48.9 Å². The highest BCUT2D eigenvalue weighted by Gasteiger charge is 2.41. The fourth-order valence-corrected chi connectivity index (χ4v) is 5.01. The molecule has 0 radical (unpaired) electrons. The first-order chi connectivity index (χ1) is 13.2. The highest BCUT2D eigenvalue weighted by atomic mass is 16.5. The number of ether oxygens (including phenoxy) is 1. The predicted molar refractivity (Wildman–Crippen MR) is 110 cm³/mol. The average molecular weight is 366 g/mol. The molecule has 27 heavy (non-hydrogen) atoms. The fourth-order valence-electron chi connectivity index (χ4n) is 5.01. The second-order valence-electron chi connectivity index (χ2n) is 8.39. The van der Waals surface area contributed by atoms with Gasteiger partial charge in [-0.2, -0.15) is 0 Å². The average Bonchev–Trinajstić information content (AvgIpc) is 3.35. The second-order valence-corrected chi connectivity index (χ2v) is 8.39. The van der Waals surface area contributed by atoms with E-state index in [4.69, 9.17) is 4.74 Å². The number of aliphatic hydroxyl groups is 1. The number of hydrogen-bond donors (Lipinski definition) is 2. The van der Waals surface area contributed by atoms with Gasteiger partial charge in [0, 0.05) is 12.6 Å². The van der Waals surface area contributed by atoms with Gasteiger partial charge in [-0.3, -0.25) is 0 Å². The van der Waals surface area contributed by atoms with Crippen LogP contribution < -0.4 is 10.1 Å². The van der Waals surface area contributed by atoms with E-state index >= 15 is 0 Å². The molecule has 0 amide bonds. The Morgan fingerprint density at radius 2 is 1.74 bits per heavy atom. The molecule has 0 heterocycles. The van der Waals surface area contributed by atoms with E-state index in [2.05, 4.69) is 36.5 Å². The van der Waals surface area contributed by atoms with Crippen molar-refractivity contribution in [1.82, 2.24) is 5.32 Å². The first-order valence-corrected chi connectivity index (χ1v) is 10.4. The Morgan fingerprint density at radius 1 is 1.00 bits per heavy atom. The smallest absolute Gasteiger partial charge is 0.119 e. The van der Waals surface area contributed by atoms with Crippen molar-refractivity contribution in [2.45, 2.75) is 44.8 Å². The number of benzene rings is 2. The minimum absolute atomic E-state index is 0.321. The summed E-state index contributed by atoms with van der Waals surface area (Å²) >= 11 is 0. The van der Waals surface area contributed by atoms with Crippen molar-refractivity contribution < 1.29 is 9.84 Å². The molecular weight excluding hydrogens is 334 g/mol. The van der Waals surface area contributed by atoms with Crippen LogP contribution in [0.4, 0.5) is 0 Å². The van der Waals surface area contributed by atoms with Gasteiger partial charge in [0.2, 0.25) is 0 Å². The first kappa shape index (κ1) is 18.5. The predicted octanol–water partition coefficient (Wildman–Crippen LogP) is 4.51. The molecule has 2 aromatic carbocycles. The van der Waals surface area contributed by atoms with Gasteiger partial charge in [-0.15, -0.1) is 0 Å². The molecule has 144 valence electrons. The molecule has 2 aliphatic carbocycles. The maximum Gasteiger partial charge on any atom is 0.119 e. The van der Waals surface area contributed by atoms with Gasteiger partial charge in [0.05, 0.1) is 0 Å². The van der Waals surface area contributed by atoms with Gasteiger partial charge in [0.25, 0.3) is 0 Å². The molecule has 0 aliphatic heterocycles. The van der Waals surface area contributed by atoms with Gasteiger partial charge < -0.3 is 15.2 Å². The molecule has 0 aromatic heterocycles. The van der Waals surface area contributed by atoms with Crippen molar-refractivity contribution in [3.63, 3.8) is 0 Å². The fraction of sp³-hybridized carbons (Fsp3) is 0.500. The highest BCUT2D eigenvalue weighted by Crippen LogP contribution is 2.49. The van der Waals surface area contributed by atoms with E-state index in [0.29, 0.717) is 19.2 Å². The van der Waals surface area contributed by atoms with Crippen molar-refractivity contribution in [3.05, 3.63) is 54.6 Å². The summed E-state index contributed by atoms with van der Waals surface area (Å²) in [5.74, 6) is 3.47. The lowest BCUT2D eigenvalue weighted by Crippen LogP contribution is -2.41. The Balaban J connectivity index is 1.20. The van der Waals surface area contributed by atoms with E-state index in [-0.39, 0.29) is 0 Å². The third-order valence-corrected chi connectivity index (χ3v) is 6.51. The lowest BCUT2D eigenvalue weighted by Gasteiger charge is -2.29. The quantitative estimate of drug-likeness (QED) is 0.723. The summed E-state index contributed by atoms with van der Waals surface area (Å²) in [4.78, 5) is 0. The molecule has 2 aliphatic rings. The molecule has 2 N–H and O–H groups in total. The zero-order valence-corrected chi connectivity index (χ0v) is 16.2. The van der Waals surface area contributed by atoms with Gasteiger partial charge in [0.15, 0.2) is 0 Å². The lowest BCUT2D eigenvalue weighted by atomic mass is 9.84. The highest BCUT2D eigenvalue weighted by molar-refractivity contribution is 5.63. The molecule has 3 nitrogen and oxygen atoms in total. The van der Waals surface area contributed by atoms with Crippen LogP contribution in [0.5, 0.6) is 5.75 Å². The van der Waals surface area contributed by atoms with Crippen molar-refractivity contribution in [2.75, 3.05) is 13.2 Å². The van der Waals surface area contributed by atoms with E-state index in [0.717, 1.165) is 23.5 Å². The number of fused-ring (bicyclic) bond motifs is 2. The minimum Gasteiger partial charge on any atom is -0.491 e. The second kappa shape index (κ2) is 8.45. The van der Waals surface area contributed by atoms with E-state index < -0.39 is 6.10 Å². The Labute approximate surface area is 162 Å². The molecule has 4 rings (SSSR count). The van der Waals surface area contributed by atoms with Crippen LogP contribution in [0, 0.1) is 17.8 Å². The van der Waals surface area contributed by atoms with Crippen molar-refractivity contribution in [2.24, 2.45) is 17.8 Å². The number of rotatable bonds is 8. The third-order valence-electron chi connectivity index (χ3n) is 6.51. The normalized spacial score (nSPS) is 26.1. The summed E-state index contributed by atoms with van der Waals surface area (Å²) in [6.45, 7) is 3.19. The number of hydrogen-bond acceptors (Lipinski definition) is 3. The molecule has 0 spiro atoms. The Kier molecular flexibility index (Phi) is 5.80. The van der Waals surface area contributed by atoms with Crippen LogP contribution in [-0.2, 0) is 0 Å². The molecule has 2 aromatic rings. The summed E-state index contributed by atoms with van der Waals surface area (Å²) < 4.78 is 5.78. The largest absolute Gasteiger partial charge is 0.491 e. The number of nitrogens with one attached hydrogen (secondary N) is 1. The van der Waals surface area contributed by atoms with Crippen LogP contribution in [0.2, 0.25) is 0 Å². The Hall–Kier alpha value is -1.84. The Morgan fingerprint density at radius 3 is 2.41 bits per heavy atom. The molecule has 3 heteroatoms. The zero-order valence-electron chi connectivity index (χ0n) is 16.2. The van der Waals surface area contributed by atoms with Crippen LogP contribution in [0.25, 0.3) is 11.1 Å². The van der Waals surface area contributed by atoms with E-state index in [9.17, 15) is 5.11 Å². The van der Waals surface area contributed by atoms with Crippen molar-refractivity contribution in [3.8, 4) is 16.9 Å². The van der Waals surface area contributed by atoms with Gasteiger partial charge in [-0.05, 0) is 67.2 Å². The molecular formula is C24H31NO2. The summed E-state index contributed by atoms with van der Waals surface area (Å²) in [5.41, 5.74) is 2.37. The van der Waals surface area contributed by atoms with Crippen LogP contribution in [0.15, 0.2) is 54.6 Å². The van der Waals surface area contributed by atoms with E-state index in [1.54, 1.807) is 0 Å². The van der Waals surface area contributed by atoms with Crippen LogP contribution in [-0.4, -0.2) is 30.4 Å². The van der Waals surface area contributed by atoms with Gasteiger partial charge >= 0.3 is 0 Å². The lowest BCUT2D eigenvalue weighted by molar-refractivity contribution is 0.0993. The maximum absolute atomic E-state index is 10.3. The summed E-state index contributed by atoms with van der Waals surface area (Å²) in [6, 6.07) is 18.9. The van der Waals surface area contributed by atoms with E-state index in [1.165, 1.54) is 36.8 Å². The first-order valence-electron chi connectivity index (χ1n) is 10.4. The van der Waals surface area contributed by atoms with Crippen LogP contribution in [0.3, 0.4) is 0 Å². The zero-order chi connectivity index (χ0) is 18.6. The maximum atomic E-state index is 10.3. The molecule has 5 atom stereocenters.